The zero-order chi connectivity index (χ0) is 20.6. The van der Waals surface area contributed by atoms with E-state index in [1.165, 1.54) is 39.0 Å². The lowest BCUT2D eigenvalue weighted by Gasteiger charge is -2.23. The summed E-state index contributed by atoms with van der Waals surface area (Å²) in [6.45, 7) is 5.06. The molecule has 1 unspecified atom stereocenters. The molecule has 0 aliphatic carbocycles. The van der Waals surface area contributed by atoms with Crippen LogP contribution in [0.15, 0.2) is 0 Å². The van der Waals surface area contributed by atoms with Gasteiger partial charge in [-0.25, -0.2) is 0 Å². The zero-order valence-electron chi connectivity index (χ0n) is 18.1. The van der Waals surface area contributed by atoms with Crippen LogP contribution in [0.25, 0.3) is 0 Å². The summed E-state index contributed by atoms with van der Waals surface area (Å²) in [5, 5.41) is 6.00. The number of carbonyl (C=O) groups excluding carboxylic acids is 3. The van der Waals surface area contributed by atoms with Crippen molar-refractivity contribution in [2.24, 2.45) is 0 Å². The van der Waals surface area contributed by atoms with Crippen LogP contribution in [0.1, 0.15) is 97.3 Å². The molecule has 1 heterocycles. The van der Waals surface area contributed by atoms with Crippen molar-refractivity contribution in [2.45, 2.75) is 103 Å². The number of nitrogens with one attached hydrogen (secondary N) is 2. The smallest absolute Gasteiger partial charge is 0.220 e. The molecular weight excluding hydrogens is 354 g/mol. The molecule has 1 atom stereocenters. The summed E-state index contributed by atoms with van der Waals surface area (Å²) in [4.78, 5) is 36.9. The molecule has 0 saturated carbocycles. The quantitative estimate of drug-likeness (QED) is 0.617. The molecule has 0 spiro atoms. The number of nitrogens with zero attached hydrogens (tertiary/aromatic N) is 1. The predicted octanol–water partition coefficient (Wildman–Crippen LogP) is 3.54. The third-order valence-electron chi connectivity index (χ3n) is 5.48. The third-order valence-corrected chi connectivity index (χ3v) is 5.48. The van der Waals surface area contributed by atoms with Gasteiger partial charge in [-0.3, -0.25) is 14.4 Å². The maximum atomic E-state index is 12.2. The Morgan fingerprint density at radius 1 is 0.964 bits per heavy atom. The van der Waals surface area contributed by atoms with Gasteiger partial charge in [0, 0.05) is 45.9 Å². The van der Waals surface area contributed by atoms with Crippen molar-refractivity contribution in [3.63, 3.8) is 0 Å². The van der Waals surface area contributed by atoms with Crippen LogP contribution in [0.3, 0.4) is 0 Å². The molecule has 1 fully saturated rings. The van der Waals surface area contributed by atoms with Crippen LogP contribution in [0.4, 0.5) is 0 Å². The Morgan fingerprint density at radius 3 is 2.21 bits per heavy atom. The van der Waals surface area contributed by atoms with Crippen molar-refractivity contribution in [3.8, 4) is 0 Å². The molecule has 3 amide bonds. The minimum Gasteiger partial charge on any atom is -0.356 e. The molecule has 0 aromatic heterocycles. The monoisotopic (exact) mass is 395 g/mol. The molecule has 28 heavy (non-hydrogen) atoms. The van der Waals surface area contributed by atoms with Crippen LogP contribution in [0.2, 0.25) is 0 Å². The van der Waals surface area contributed by atoms with Crippen molar-refractivity contribution < 1.29 is 14.4 Å². The summed E-state index contributed by atoms with van der Waals surface area (Å²) in [5.74, 6) is 0.216. The highest BCUT2D eigenvalue weighted by Gasteiger charge is 2.14. The molecular formula is C22H41N3O3. The van der Waals surface area contributed by atoms with Crippen LogP contribution in [0, 0.1) is 0 Å². The predicted molar refractivity (Wildman–Crippen MR) is 113 cm³/mol. The van der Waals surface area contributed by atoms with E-state index in [0.717, 1.165) is 44.9 Å². The van der Waals surface area contributed by atoms with Gasteiger partial charge in [-0.1, -0.05) is 44.9 Å². The Balaban J connectivity index is 2.39. The van der Waals surface area contributed by atoms with Crippen LogP contribution in [-0.4, -0.2) is 48.3 Å². The fraction of sp³-hybridized carbons (Fsp3) is 0.864. The van der Waals surface area contributed by atoms with Gasteiger partial charge in [0.05, 0.1) is 0 Å². The van der Waals surface area contributed by atoms with Gasteiger partial charge in [0.25, 0.3) is 0 Å². The van der Waals surface area contributed by atoms with Crippen molar-refractivity contribution in [1.82, 2.24) is 15.5 Å². The first-order chi connectivity index (χ1) is 13.5. The standard InChI is InChI=1S/C22H41N3O3/c1-19(26)23-16-12-18-25(20(2)27)17-11-14-21-13-9-7-5-3-4-6-8-10-15-22(28)24-21/h21H,3-18H2,1-2H3,(H,23,26)(H,24,28). The lowest BCUT2D eigenvalue weighted by Crippen LogP contribution is -2.37. The van der Waals surface area contributed by atoms with Crippen molar-refractivity contribution in [1.29, 1.82) is 0 Å². The highest BCUT2D eigenvalue weighted by atomic mass is 16.2. The van der Waals surface area contributed by atoms with E-state index in [-0.39, 0.29) is 23.8 Å². The van der Waals surface area contributed by atoms with Crippen molar-refractivity contribution in [3.05, 3.63) is 0 Å². The lowest BCUT2D eigenvalue weighted by molar-refractivity contribution is -0.129. The molecule has 1 aliphatic rings. The van der Waals surface area contributed by atoms with Gasteiger partial charge < -0.3 is 15.5 Å². The van der Waals surface area contributed by atoms with Gasteiger partial charge >= 0.3 is 0 Å². The molecule has 0 bridgehead atoms. The second-order valence-electron chi connectivity index (χ2n) is 8.12. The molecule has 0 aromatic carbocycles. The Hall–Kier alpha value is -1.59. The van der Waals surface area contributed by atoms with Gasteiger partial charge in [-0.2, -0.15) is 0 Å². The largest absolute Gasteiger partial charge is 0.356 e. The fourth-order valence-electron chi connectivity index (χ4n) is 3.82. The van der Waals surface area contributed by atoms with E-state index in [0.29, 0.717) is 26.1 Å². The third kappa shape index (κ3) is 12.7. The zero-order valence-corrected chi connectivity index (χ0v) is 18.1. The molecule has 0 radical (unpaired) electrons. The van der Waals surface area contributed by atoms with Crippen LogP contribution in [-0.2, 0) is 14.4 Å². The van der Waals surface area contributed by atoms with Crippen LogP contribution < -0.4 is 10.6 Å². The summed E-state index contributed by atoms with van der Waals surface area (Å²) in [6, 6.07) is 0.224. The highest BCUT2D eigenvalue weighted by Crippen LogP contribution is 2.15. The van der Waals surface area contributed by atoms with E-state index >= 15 is 0 Å². The minimum atomic E-state index is -0.0386. The SMILES string of the molecule is CC(=O)NCCCN(CCCC1CCCCCCCCCCC(=O)N1)C(C)=O. The first-order valence-electron chi connectivity index (χ1n) is 11.3. The van der Waals surface area contributed by atoms with E-state index in [1.807, 2.05) is 4.90 Å². The van der Waals surface area contributed by atoms with Crippen molar-refractivity contribution in [2.75, 3.05) is 19.6 Å². The Kier molecular flexibility index (Phi) is 13.4. The van der Waals surface area contributed by atoms with Gasteiger partial charge in [0.2, 0.25) is 17.7 Å². The maximum Gasteiger partial charge on any atom is 0.220 e. The summed E-state index contributed by atoms with van der Waals surface area (Å²) in [6.07, 6.45) is 14.0. The molecule has 2 N–H and O–H groups in total. The van der Waals surface area contributed by atoms with E-state index in [1.54, 1.807) is 6.92 Å². The number of amides is 3. The average molecular weight is 396 g/mol. The molecule has 6 heteroatoms. The summed E-state index contributed by atoms with van der Waals surface area (Å²) in [7, 11) is 0. The molecule has 1 rings (SSSR count). The molecule has 1 saturated heterocycles. The van der Waals surface area contributed by atoms with E-state index in [9.17, 15) is 14.4 Å². The highest BCUT2D eigenvalue weighted by molar-refractivity contribution is 5.76. The second kappa shape index (κ2) is 15.3. The Labute approximate surface area is 171 Å². The maximum absolute atomic E-state index is 12.2. The summed E-state index contributed by atoms with van der Waals surface area (Å²) < 4.78 is 0. The number of rotatable bonds is 8. The molecule has 0 aromatic rings. The topological polar surface area (TPSA) is 78.5 Å². The van der Waals surface area contributed by atoms with Gasteiger partial charge in [0.1, 0.15) is 0 Å². The first kappa shape index (κ1) is 24.4. The first-order valence-corrected chi connectivity index (χ1v) is 11.3. The fourth-order valence-corrected chi connectivity index (χ4v) is 3.82. The lowest BCUT2D eigenvalue weighted by atomic mass is 10.0. The molecule has 162 valence electrons. The van der Waals surface area contributed by atoms with Crippen LogP contribution in [0.5, 0.6) is 0 Å². The number of carbonyl (C=O) groups is 3. The number of hydrogen-bond acceptors (Lipinski definition) is 3. The van der Waals surface area contributed by atoms with E-state index in [4.69, 9.17) is 0 Å². The Bertz CT molecular complexity index is 468. The van der Waals surface area contributed by atoms with E-state index in [2.05, 4.69) is 10.6 Å². The van der Waals surface area contributed by atoms with Gasteiger partial charge in [-0.05, 0) is 32.1 Å². The average Bonchev–Trinajstić information content (AvgIpc) is 2.65. The summed E-state index contributed by atoms with van der Waals surface area (Å²) in [5.41, 5.74) is 0. The van der Waals surface area contributed by atoms with Gasteiger partial charge in [-0.15, -0.1) is 0 Å². The van der Waals surface area contributed by atoms with E-state index < -0.39 is 0 Å². The number of hydrogen-bond donors (Lipinski definition) is 2. The minimum absolute atomic E-state index is 0.0386. The Morgan fingerprint density at radius 2 is 1.57 bits per heavy atom. The van der Waals surface area contributed by atoms with Gasteiger partial charge in [0.15, 0.2) is 0 Å². The van der Waals surface area contributed by atoms with Crippen LogP contribution >= 0.6 is 0 Å². The van der Waals surface area contributed by atoms with Crippen molar-refractivity contribution >= 4 is 17.7 Å². The molecule has 1 aliphatic heterocycles. The molecule has 6 nitrogen and oxygen atoms in total. The summed E-state index contributed by atoms with van der Waals surface area (Å²) >= 11 is 0. The normalized spacial score (nSPS) is 19.5. The second-order valence-corrected chi connectivity index (χ2v) is 8.12.